The highest BCUT2D eigenvalue weighted by atomic mass is 32.2. The van der Waals surface area contributed by atoms with E-state index in [-0.39, 0.29) is 4.90 Å². The van der Waals surface area contributed by atoms with Gasteiger partial charge in [-0.05, 0) is 38.0 Å². The highest BCUT2D eigenvalue weighted by molar-refractivity contribution is 7.92. The van der Waals surface area contributed by atoms with Gasteiger partial charge in [-0.2, -0.15) is 0 Å². The van der Waals surface area contributed by atoms with Crippen molar-refractivity contribution in [3.05, 3.63) is 65.2 Å². The molecule has 2 rings (SSSR count). The van der Waals surface area contributed by atoms with E-state index in [0.717, 1.165) is 5.56 Å². The van der Waals surface area contributed by atoms with Crippen LogP contribution >= 0.6 is 0 Å². The van der Waals surface area contributed by atoms with Crippen LogP contribution in [-0.4, -0.2) is 18.8 Å². The van der Waals surface area contributed by atoms with Crippen molar-refractivity contribution < 1.29 is 13.5 Å². The van der Waals surface area contributed by atoms with Gasteiger partial charge in [-0.1, -0.05) is 48.0 Å². The van der Waals surface area contributed by atoms with Gasteiger partial charge in [0.25, 0.3) is 0 Å². The molecule has 0 aliphatic heterocycles. The van der Waals surface area contributed by atoms with Gasteiger partial charge in [-0.15, -0.1) is 0 Å². The minimum Gasteiger partial charge on any atom is -0.387 e. The number of aryl methyl sites for hydroxylation is 2. The third kappa shape index (κ3) is 3.17. The van der Waals surface area contributed by atoms with Gasteiger partial charge >= 0.3 is 0 Å². The fourth-order valence-corrected chi connectivity index (χ4v) is 4.07. The molecular weight excluding hydrogens is 284 g/mol. The molecule has 0 bridgehead atoms. The number of benzene rings is 2. The van der Waals surface area contributed by atoms with Gasteiger partial charge in [0.1, 0.15) is 0 Å². The van der Waals surface area contributed by atoms with Gasteiger partial charge in [-0.25, -0.2) is 8.42 Å². The lowest BCUT2D eigenvalue weighted by atomic mass is 10.1. The topological polar surface area (TPSA) is 54.4 Å². The van der Waals surface area contributed by atoms with Crippen LogP contribution in [-0.2, 0) is 9.84 Å². The predicted octanol–water partition coefficient (Wildman–Crippen LogP) is 3.20. The minimum absolute atomic E-state index is 0.288. The van der Waals surface area contributed by atoms with Crippen LogP contribution in [0.3, 0.4) is 0 Å². The first-order chi connectivity index (χ1) is 9.84. The molecule has 2 aromatic rings. The van der Waals surface area contributed by atoms with E-state index in [2.05, 4.69) is 0 Å². The second-order valence-electron chi connectivity index (χ2n) is 5.37. The van der Waals surface area contributed by atoms with E-state index in [9.17, 15) is 13.5 Å². The zero-order valence-corrected chi connectivity index (χ0v) is 13.3. The van der Waals surface area contributed by atoms with E-state index < -0.39 is 21.2 Å². The van der Waals surface area contributed by atoms with Crippen LogP contribution in [0.2, 0.25) is 0 Å². The molecule has 0 spiro atoms. The smallest absolute Gasteiger partial charge is 0.184 e. The number of hydrogen-bond acceptors (Lipinski definition) is 3. The maximum Gasteiger partial charge on any atom is 0.184 e. The quantitative estimate of drug-likeness (QED) is 0.943. The largest absolute Gasteiger partial charge is 0.387 e. The zero-order valence-electron chi connectivity index (χ0n) is 12.4. The zero-order chi connectivity index (χ0) is 15.6. The highest BCUT2D eigenvalue weighted by Crippen LogP contribution is 2.28. The molecule has 0 fully saturated rings. The second kappa shape index (κ2) is 6.00. The lowest BCUT2D eigenvalue weighted by Crippen LogP contribution is -2.26. The van der Waals surface area contributed by atoms with Gasteiger partial charge in [0, 0.05) is 0 Å². The summed E-state index contributed by atoms with van der Waals surface area (Å²) >= 11 is 0. The van der Waals surface area contributed by atoms with Gasteiger partial charge in [-0.3, -0.25) is 0 Å². The summed E-state index contributed by atoms with van der Waals surface area (Å²) in [5.41, 5.74) is 2.34. The van der Waals surface area contributed by atoms with Crippen LogP contribution in [0.15, 0.2) is 53.4 Å². The van der Waals surface area contributed by atoms with E-state index in [0.29, 0.717) is 11.1 Å². The van der Waals surface area contributed by atoms with Gasteiger partial charge < -0.3 is 5.11 Å². The van der Waals surface area contributed by atoms with Gasteiger partial charge in [0.15, 0.2) is 9.84 Å². The Kier molecular flexibility index (Phi) is 4.49. The molecule has 0 radical (unpaired) electrons. The fourth-order valence-electron chi connectivity index (χ4n) is 2.41. The Morgan fingerprint density at radius 1 is 1.00 bits per heavy atom. The van der Waals surface area contributed by atoms with Crippen LogP contribution in [0.5, 0.6) is 0 Å². The number of aliphatic hydroxyl groups excluding tert-OH is 1. The third-order valence-electron chi connectivity index (χ3n) is 3.71. The van der Waals surface area contributed by atoms with Crippen LogP contribution < -0.4 is 0 Å². The molecule has 0 aliphatic rings. The first-order valence-electron chi connectivity index (χ1n) is 6.88. The van der Waals surface area contributed by atoms with Crippen molar-refractivity contribution in [1.82, 2.24) is 0 Å². The van der Waals surface area contributed by atoms with E-state index in [1.165, 1.54) is 0 Å². The van der Waals surface area contributed by atoms with Crippen LogP contribution in [0.4, 0.5) is 0 Å². The summed E-state index contributed by atoms with van der Waals surface area (Å²) in [5.74, 6) is 0. The van der Waals surface area contributed by atoms with Crippen molar-refractivity contribution >= 4 is 9.84 Å². The normalized spacial score (nSPS) is 14.7. The molecule has 112 valence electrons. The number of sulfone groups is 1. The SMILES string of the molecule is Cc1ccc(S(=O)(=O)C(C)C(O)c2ccccc2)c(C)c1. The molecule has 4 heteroatoms. The standard InChI is InChI=1S/C17H20O3S/c1-12-9-10-16(13(2)11-12)21(19,20)14(3)17(18)15-7-5-4-6-8-15/h4-11,14,17-18H,1-3H3. The maximum atomic E-state index is 12.7. The minimum atomic E-state index is -3.58. The van der Waals surface area contributed by atoms with Crippen LogP contribution in [0.25, 0.3) is 0 Å². The predicted molar refractivity (Wildman–Crippen MR) is 84.0 cm³/mol. The third-order valence-corrected chi connectivity index (χ3v) is 6.02. The van der Waals surface area contributed by atoms with E-state index >= 15 is 0 Å². The van der Waals surface area contributed by atoms with Crippen molar-refractivity contribution in [2.24, 2.45) is 0 Å². The lowest BCUT2D eigenvalue weighted by Gasteiger charge is -2.21. The molecule has 2 atom stereocenters. The molecule has 3 nitrogen and oxygen atoms in total. The first-order valence-corrected chi connectivity index (χ1v) is 8.43. The Bertz CT molecular complexity index is 721. The molecule has 0 aliphatic carbocycles. The van der Waals surface area contributed by atoms with Crippen molar-refractivity contribution in [3.63, 3.8) is 0 Å². The average Bonchev–Trinajstić information content (AvgIpc) is 2.46. The van der Waals surface area contributed by atoms with E-state index in [1.54, 1.807) is 50.2 Å². The second-order valence-corrected chi connectivity index (χ2v) is 7.65. The average molecular weight is 304 g/mol. The molecule has 2 aromatic carbocycles. The van der Waals surface area contributed by atoms with Crippen molar-refractivity contribution in [1.29, 1.82) is 0 Å². The lowest BCUT2D eigenvalue weighted by molar-refractivity contribution is 0.176. The number of rotatable bonds is 4. The Morgan fingerprint density at radius 3 is 2.19 bits per heavy atom. The molecule has 0 heterocycles. The van der Waals surface area contributed by atoms with E-state index in [4.69, 9.17) is 0 Å². The van der Waals surface area contributed by atoms with Gasteiger partial charge in [0.05, 0.1) is 16.2 Å². The Morgan fingerprint density at radius 2 is 1.62 bits per heavy atom. The van der Waals surface area contributed by atoms with Crippen molar-refractivity contribution in [2.45, 2.75) is 37.0 Å². The molecule has 1 N–H and O–H groups in total. The molecule has 0 aromatic heterocycles. The van der Waals surface area contributed by atoms with Crippen LogP contribution in [0.1, 0.15) is 29.7 Å². The Hall–Kier alpha value is -1.65. The summed E-state index contributed by atoms with van der Waals surface area (Å²) in [7, 11) is -3.58. The summed E-state index contributed by atoms with van der Waals surface area (Å²) < 4.78 is 25.4. The molecule has 0 saturated carbocycles. The first kappa shape index (κ1) is 15.7. The van der Waals surface area contributed by atoms with Crippen molar-refractivity contribution in [2.75, 3.05) is 0 Å². The number of hydrogen-bond donors (Lipinski definition) is 1. The molecule has 0 amide bonds. The molecule has 21 heavy (non-hydrogen) atoms. The molecular formula is C17H20O3S. The molecule has 2 unspecified atom stereocenters. The summed E-state index contributed by atoms with van der Waals surface area (Å²) in [4.78, 5) is 0.288. The summed E-state index contributed by atoms with van der Waals surface area (Å²) in [6.07, 6.45) is -1.04. The Balaban J connectivity index is 2.39. The molecule has 0 saturated heterocycles. The fraction of sp³-hybridized carbons (Fsp3) is 0.294. The summed E-state index contributed by atoms with van der Waals surface area (Å²) in [6.45, 7) is 5.25. The summed E-state index contributed by atoms with van der Waals surface area (Å²) in [5, 5.41) is 9.45. The monoisotopic (exact) mass is 304 g/mol. The Labute approximate surface area is 126 Å². The maximum absolute atomic E-state index is 12.7. The van der Waals surface area contributed by atoms with Gasteiger partial charge in [0.2, 0.25) is 0 Å². The summed E-state index contributed by atoms with van der Waals surface area (Å²) in [6, 6.07) is 14.1. The van der Waals surface area contributed by atoms with Crippen molar-refractivity contribution in [3.8, 4) is 0 Å². The number of aliphatic hydroxyl groups is 1. The van der Waals surface area contributed by atoms with Crippen LogP contribution in [0, 0.1) is 13.8 Å². The highest BCUT2D eigenvalue weighted by Gasteiger charge is 2.31. The van der Waals surface area contributed by atoms with E-state index in [1.807, 2.05) is 19.1 Å².